The Morgan fingerprint density at radius 2 is 1.13 bits per heavy atom. The highest BCUT2D eigenvalue weighted by Gasteiger charge is 2.43. The highest BCUT2D eigenvalue weighted by molar-refractivity contribution is 6.31. The number of benzene rings is 2. The molecule has 0 aliphatic carbocycles. The van der Waals surface area contributed by atoms with E-state index >= 15 is 0 Å². The Hall–Kier alpha value is -6.16. The number of carbonyl (C=O) groups is 5. The number of carboxylic acids is 1. The number of esters is 1. The van der Waals surface area contributed by atoms with Gasteiger partial charge in [-0.15, -0.1) is 0 Å². The van der Waals surface area contributed by atoms with Crippen LogP contribution >= 0.6 is 23.2 Å². The molecule has 0 bridgehead atoms. The largest absolute Gasteiger partial charge is 0.476 e. The number of alkyl halides is 1. The van der Waals surface area contributed by atoms with Crippen molar-refractivity contribution in [2.45, 2.75) is 135 Å². The zero-order chi connectivity index (χ0) is 54.8. The molecule has 3 amide bonds. The van der Waals surface area contributed by atoms with Crippen LogP contribution in [0.5, 0.6) is 0 Å². The normalized spacial score (nSPS) is 19.0. The molecule has 0 saturated carbocycles. The number of rotatable bonds is 15. The van der Waals surface area contributed by atoms with Crippen molar-refractivity contribution >= 4 is 64.9 Å². The van der Waals surface area contributed by atoms with Crippen molar-refractivity contribution < 1.29 is 57.2 Å². The Morgan fingerprint density at radius 1 is 0.693 bits per heavy atom. The third-order valence-electron chi connectivity index (χ3n) is 12.5. The number of nitrogens with one attached hydrogen (secondary N) is 2. The van der Waals surface area contributed by atoms with Crippen molar-refractivity contribution in [1.29, 1.82) is 0 Å². The summed E-state index contributed by atoms with van der Waals surface area (Å²) in [5, 5.41) is 25.8. The van der Waals surface area contributed by atoms with Gasteiger partial charge in [-0.3, -0.25) is 4.79 Å². The smallest absolute Gasteiger partial charge is 0.407 e. The maximum absolute atomic E-state index is 14.5. The number of nitrogens with zero attached hydrogens (tertiary/aromatic N) is 7. The Morgan fingerprint density at radius 3 is 1.55 bits per heavy atom. The summed E-state index contributed by atoms with van der Waals surface area (Å²) < 4.78 is 44.1. The van der Waals surface area contributed by atoms with Crippen LogP contribution in [0.3, 0.4) is 0 Å². The van der Waals surface area contributed by atoms with Crippen LogP contribution in [0.1, 0.15) is 117 Å². The SMILES string of the molecule is COCn1nc(C(=O)N2C[C@@H](F)C[C@H]2C(=O)OC)c(Cc2ccccc2Cl)c1N1CCC[C@@H](NC(=O)OC(C)(C)C)C1.COCn1nc(C(=O)O)c(Cc2ccccc2Cl)c1N1CCC[C@@H](NC(=O)OC(C)(C)C)C1. The zero-order valence-electron chi connectivity index (χ0n) is 44.1. The molecule has 3 aliphatic heterocycles. The van der Waals surface area contributed by atoms with Gasteiger partial charge in [0.1, 0.15) is 48.5 Å². The number of amides is 3. The van der Waals surface area contributed by atoms with E-state index in [2.05, 4.69) is 30.6 Å². The van der Waals surface area contributed by atoms with Gasteiger partial charge in [-0.1, -0.05) is 59.6 Å². The van der Waals surface area contributed by atoms with Crippen molar-refractivity contribution in [2.75, 3.05) is 63.9 Å². The Labute approximate surface area is 447 Å². The summed E-state index contributed by atoms with van der Waals surface area (Å²) in [6.45, 7) is 13.0. The minimum atomic E-state index is -1.37. The molecule has 0 spiro atoms. The average Bonchev–Trinajstić information content (AvgIpc) is 4.02. The summed E-state index contributed by atoms with van der Waals surface area (Å²) in [7, 11) is 4.26. The van der Waals surface area contributed by atoms with Gasteiger partial charge < -0.3 is 54.1 Å². The summed E-state index contributed by atoms with van der Waals surface area (Å²) in [5.74, 6) is -1.09. The molecule has 23 heteroatoms. The van der Waals surface area contributed by atoms with Gasteiger partial charge in [0.25, 0.3) is 5.91 Å². The Kier molecular flexibility index (Phi) is 19.8. The van der Waals surface area contributed by atoms with E-state index in [1.54, 1.807) is 42.3 Å². The number of piperidine rings is 2. The number of anilines is 2. The second-order valence-electron chi connectivity index (χ2n) is 20.7. The quantitative estimate of drug-likeness (QED) is 0.0762. The molecule has 0 unspecified atom stereocenters. The number of carboxylic acid groups (broad SMARTS) is 1. The molecule has 2 aromatic heterocycles. The lowest BCUT2D eigenvalue weighted by atomic mass is 10.0. The van der Waals surface area contributed by atoms with Crippen LogP contribution in [-0.4, -0.2) is 149 Å². The molecule has 75 heavy (non-hydrogen) atoms. The Bertz CT molecular complexity index is 2650. The number of aromatic nitrogens is 4. The van der Waals surface area contributed by atoms with E-state index in [1.165, 1.54) is 26.2 Å². The third kappa shape index (κ3) is 15.5. The fourth-order valence-corrected chi connectivity index (χ4v) is 9.88. The molecule has 3 saturated heterocycles. The number of hydrogen-bond donors (Lipinski definition) is 3. The standard InChI is InChI=1S/C29H39ClFN5O6.C23H31ClN4O5/c1-29(2,3)42-28(39)32-20-10-8-12-34(16-20)25-21(13-18-9-6-7-11-22(18)30)24(33-36(25)17-40-4)26(37)35-15-19(31)14-23(35)27(38)41-5;1-23(2,3)33-22(31)25-16-9-7-11-27(13-16)20-17(12-15-8-5-6-10-18(15)24)19(21(29)30)26-28(20)14-32-4/h6-7,9,11,19-20,23H,8,10,12-17H2,1-5H3,(H,32,39);5-6,8,10,16H,7,9,11-14H2,1-4H3,(H,25,31)(H,29,30)/t19-,20+,23-;16-/m01/s1. The number of aromatic carboxylic acids is 1. The lowest BCUT2D eigenvalue weighted by Gasteiger charge is -2.35. The molecule has 5 heterocycles. The highest BCUT2D eigenvalue weighted by atomic mass is 35.5. The first kappa shape index (κ1) is 58.1. The molecule has 7 rings (SSSR count). The minimum Gasteiger partial charge on any atom is -0.476 e. The fraction of sp³-hybridized carbons (Fsp3) is 0.558. The number of alkyl carbamates (subject to hydrolysis) is 2. The van der Waals surface area contributed by atoms with E-state index in [-0.39, 0.29) is 56.3 Å². The Balaban J connectivity index is 0.000000251. The molecular weight excluding hydrogens is 1020 g/mol. The van der Waals surface area contributed by atoms with Gasteiger partial charge in [-0.25, -0.2) is 32.9 Å². The van der Waals surface area contributed by atoms with Crippen LogP contribution in [0.4, 0.5) is 25.6 Å². The second-order valence-corrected chi connectivity index (χ2v) is 21.5. The van der Waals surface area contributed by atoms with Gasteiger partial charge in [0.15, 0.2) is 11.4 Å². The molecule has 2 aromatic carbocycles. The van der Waals surface area contributed by atoms with Gasteiger partial charge in [-0.05, 0) is 90.5 Å². The van der Waals surface area contributed by atoms with Gasteiger partial charge in [0, 0.05) is 92.9 Å². The predicted octanol–water partition coefficient (Wildman–Crippen LogP) is 7.87. The molecular formula is C52H70Cl2FN9O11. The molecule has 20 nitrogen and oxygen atoms in total. The highest BCUT2D eigenvalue weighted by Crippen LogP contribution is 2.35. The van der Waals surface area contributed by atoms with Crippen molar-refractivity contribution in [2.24, 2.45) is 0 Å². The van der Waals surface area contributed by atoms with Crippen molar-refractivity contribution in [3.05, 3.63) is 92.2 Å². The van der Waals surface area contributed by atoms with E-state index in [1.807, 2.05) is 57.2 Å². The molecule has 410 valence electrons. The summed E-state index contributed by atoms with van der Waals surface area (Å²) in [6, 6.07) is 13.2. The summed E-state index contributed by atoms with van der Waals surface area (Å²) >= 11 is 12.9. The first-order valence-electron chi connectivity index (χ1n) is 24.9. The molecule has 3 aliphatic rings. The number of methoxy groups -OCH3 is 3. The molecule has 4 atom stereocenters. The van der Waals surface area contributed by atoms with E-state index in [4.69, 9.17) is 46.9 Å². The van der Waals surface area contributed by atoms with Gasteiger partial charge in [0.2, 0.25) is 0 Å². The number of ether oxygens (including phenoxy) is 5. The monoisotopic (exact) mass is 1090 g/mol. The van der Waals surface area contributed by atoms with Gasteiger partial charge in [-0.2, -0.15) is 10.2 Å². The maximum atomic E-state index is 14.5. The van der Waals surface area contributed by atoms with Crippen LogP contribution in [0, 0.1) is 0 Å². The van der Waals surface area contributed by atoms with E-state index in [0.717, 1.165) is 36.8 Å². The van der Waals surface area contributed by atoms with Crippen LogP contribution in [0.25, 0.3) is 0 Å². The summed E-state index contributed by atoms with van der Waals surface area (Å²) in [4.78, 5) is 68.7. The second kappa shape index (κ2) is 25.6. The van der Waals surface area contributed by atoms with Crippen molar-refractivity contribution in [1.82, 2.24) is 35.1 Å². The van der Waals surface area contributed by atoms with Gasteiger partial charge in [0.05, 0.1) is 13.7 Å². The first-order chi connectivity index (χ1) is 35.5. The van der Waals surface area contributed by atoms with Gasteiger partial charge >= 0.3 is 24.1 Å². The van der Waals surface area contributed by atoms with Crippen molar-refractivity contribution in [3.8, 4) is 0 Å². The van der Waals surface area contributed by atoms with Crippen molar-refractivity contribution in [3.63, 3.8) is 0 Å². The molecule has 3 N–H and O–H groups in total. The average molecular weight is 1090 g/mol. The van der Waals surface area contributed by atoms with E-state index < -0.39 is 53.4 Å². The fourth-order valence-electron chi connectivity index (χ4n) is 9.47. The van der Waals surface area contributed by atoms with Crippen LogP contribution in [-0.2, 0) is 54.8 Å². The molecule has 0 radical (unpaired) electrons. The number of carbonyl (C=O) groups excluding carboxylic acids is 4. The summed E-state index contributed by atoms with van der Waals surface area (Å²) in [5.41, 5.74) is 1.51. The van der Waals surface area contributed by atoms with E-state index in [0.29, 0.717) is 65.4 Å². The van der Waals surface area contributed by atoms with Crippen LogP contribution < -0.4 is 20.4 Å². The van der Waals surface area contributed by atoms with E-state index in [9.17, 15) is 33.5 Å². The first-order valence-corrected chi connectivity index (χ1v) is 25.6. The maximum Gasteiger partial charge on any atom is 0.407 e. The lowest BCUT2D eigenvalue weighted by Crippen LogP contribution is -2.49. The van der Waals surface area contributed by atoms with Crippen LogP contribution in [0.15, 0.2) is 48.5 Å². The predicted molar refractivity (Wildman–Crippen MR) is 280 cm³/mol. The summed E-state index contributed by atoms with van der Waals surface area (Å²) in [6.07, 6.45) is 1.17. The number of hydrogen-bond acceptors (Lipinski definition) is 14. The third-order valence-corrected chi connectivity index (χ3v) is 13.2. The topological polar surface area (TPSA) is 221 Å². The lowest BCUT2D eigenvalue weighted by molar-refractivity contribution is -0.145. The minimum absolute atomic E-state index is 0.0327. The van der Waals surface area contributed by atoms with Crippen LogP contribution in [0.2, 0.25) is 10.0 Å². The molecule has 4 aromatic rings. The number of likely N-dealkylation sites (tertiary alicyclic amines) is 1. The zero-order valence-corrected chi connectivity index (χ0v) is 45.6. The molecule has 3 fully saturated rings. The number of halogens is 3.